The maximum Gasteiger partial charge on any atom is 0.148 e. The largest absolute Gasteiger partial charge is 0.388 e. The first kappa shape index (κ1) is 11.9. The lowest BCUT2D eigenvalue weighted by molar-refractivity contribution is 1.18. The van der Waals surface area contributed by atoms with Crippen LogP contribution in [0.3, 0.4) is 0 Å². The molecule has 0 unspecified atom stereocenters. The summed E-state index contributed by atoms with van der Waals surface area (Å²) in [7, 11) is 0. The van der Waals surface area contributed by atoms with Crippen molar-refractivity contribution in [3.63, 3.8) is 0 Å². The summed E-state index contributed by atoms with van der Waals surface area (Å²) in [5.74, 6) is 0.642. The first-order valence-electron chi connectivity index (χ1n) is 4.79. The lowest BCUT2D eigenvalue weighted by atomic mass is 10.3. The van der Waals surface area contributed by atoms with Crippen LogP contribution in [0.2, 0.25) is 0 Å². The zero-order valence-corrected chi connectivity index (χ0v) is 11.1. The molecule has 0 bridgehead atoms. The molecule has 0 saturated heterocycles. The third kappa shape index (κ3) is 3.21. The summed E-state index contributed by atoms with van der Waals surface area (Å²) in [4.78, 5) is 8.50. The predicted octanol–water partition coefficient (Wildman–Crippen LogP) is 2.62. The molecule has 6 heteroatoms. The van der Waals surface area contributed by atoms with Crippen LogP contribution in [-0.2, 0) is 0 Å². The topological polar surface area (TPSA) is 63.8 Å². The first-order chi connectivity index (χ1) is 8.15. The fourth-order valence-corrected chi connectivity index (χ4v) is 1.74. The molecule has 0 spiro atoms. The molecule has 0 atom stereocenters. The zero-order chi connectivity index (χ0) is 12.3. The highest BCUT2D eigenvalue weighted by molar-refractivity contribution is 9.10. The normalized spacial score (nSPS) is 9.94. The van der Waals surface area contributed by atoms with Gasteiger partial charge in [0.15, 0.2) is 0 Å². The Morgan fingerprint density at radius 1 is 1.29 bits per heavy atom. The minimum Gasteiger partial charge on any atom is -0.388 e. The fourth-order valence-electron chi connectivity index (χ4n) is 1.23. The van der Waals surface area contributed by atoms with Crippen molar-refractivity contribution in [1.29, 1.82) is 0 Å². The standard InChI is InChI=1S/C11H9BrN4S/c12-7-2-1-3-8(4-7)16-10-6-14-9(5-15-10)11(13)17/h1-6H,(H2,13,17)(H,15,16). The van der Waals surface area contributed by atoms with Gasteiger partial charge in [0.2, 0.25) is 0 Å². The third-order valence-corrected chi connectivity index (χ3v) is 2.70. The molecule has 1 aromatic heterocycles. The Balaban J connectivity index is 2.16. The number of thiocarbonyl (C=S) groups is 1. The van der Waals surface area contributed by atoms with Gasteiger partial charge in [0.25, 0.3) is 0 Å². The van der Waals surface area contributed by atoms with E-state index in [4.69, 9.17) is 18.0 Å². The number of nitrogens with zero attached hydrogens (tertiary/aromatic N) is 2. The number of nitrogens with one attached hydrogen (secondary N) is 1. The zero-order valence-electron chi connectivity index (χ0n) is 8.72. The van der Waals surface area contributed by atoms with Crippen LogP contribution in [0.1, 0.15) is 5.69 Å². The lowest BCUT2D eigenvalue weighted by Crippen LogP contribution is -2.12. The molecule has 0 aliphatic heterocycles. The van der Waals surface area contributed by atoms with Crippen molar-refractivity contribution in [2.24, 2.45) is 5.73 Å². The first-order valence-corrected chi connectivity index (χ1v) is 6.00. The van der Waals surface area contributed by atoms with E-state index in [2.05, 4.69) is 31.2 Å². The van der Waals surface area contributed by atoms with E-state index in [0.29, 0.717) is 11.5 Å². The van der Waals surface area contributed by atoms with Gasteiger partial charge in [-0.15, -0.1) is 0 Å². The summed E-state index contributed by atoms with van der Waals surface area (Å²) in [5, 5.41) is 3.12. The van der Waals surface area contributed by atoms with Gasteiger partial charge >= 0.3 is 0 Å². The second kappa shape index (κ2) is 5.20. The van der Waals surface area contributed by atoms with Gasteiger partial charge in [-0.05, 0) is 18.2 Å². The Morgan fingerprint density at radius 2 is 2.12 bits per heavy atom. The monoisotopic (exact) mass is 308 g/mol. The number of aromatic nitrogens is 2. The molecular formula is C11H9BrN4S. The molecular weight excluding hydrogens is 300 g/mol. The maximum atomic E-state index is 5.44. The van der Waals surface area contributed by atoms with Crippen LogP contribution in [0, 0.1) is 0 Å². The Kier molecular flexibility index (Phi) is 3.65. The van der Waals surface area contributed by atoms with Crippen molar-refractivity contribution >= 4 is 44.6 Å². The number of rotatable bonds is 3. The van der Waals surface area contributed by atoms with E-state index >= 15 is 0 Å². The summed E-state index contributed by atoms with van der Waals surface area (Å²) in [6, 6.07) is 7.77. The van der Waals surface area contributed by atoms with Crippen molar-refractivity contribution in [2.45, 2.75) is 0 Å². The molecule has 1 aromatic carbocycles. The van der Waals surface area contributed by atoms with Crippen molar-refractivity contribution in [3.8, 4) is 0 Å². The van der Waals surface area contributed by atoms with Crippen LogP contribution in [0.25, 0.3) is 0 Å². The fraction of sp³-hybridized carbons (Fsp3) is 0. The molecule has 3 N–H and O–H groups in total. The molecule has 4 nitrogen and oxygen atoms in total. The van der Waals surface area contributed by atoms with Crippen LogP contribution in [0.4, 0.5) is 11.5 Å². The second-order valence-corrected chi connectivity index (χ2v) is 4.64. The van der Waals surface area contributed by atoms with Gasteiger partial charge in [-0.2, -0.15) is 0 Å². The highest BCUT2D eigenvalue weighted by Crippen LogP contribution is 2.18. The molecule has 0 saturated carbocycles. The number of nitrogens with two attached hydrogens (primary N) is 1. The average Bonchev–Trinajstić information content (AvgIpc) is 2.29. The Morgan fingerprint density at radius 3 is 2.71 bits per heavy atom. The van der Waals surface area contributed by atoms with Gasteiger partial charge in [-0.1, -0.05) is 34.2 Å². The molecule has 0 aliphatic rings. The summed E-state index contributed by atoms with van der Waals surface area (Å²) < 4.78 is 0.996. The summed E-state index contributed by atoms with van der Waals surface area (Å²) in [6.45, 7) is 0. The number of halogens is 1. The van der Waals surface area contributed by atoms with Crippen molar-refractivity contribution in [1.82, 2.24) is 9.97 Å². The van der Waals surface area contributed by atoms with Gasteiger partial charge < -0.3 is 11.1 Å². The van der Waals surface area contributed by atoms with Crippen molar-refractivity contribution in [2.75, 3.05) is 5.32 Å². The molecule has 86 valence electrons. The highest BCUT2D eigenvalue weighted by atomic mass is 79.9. The Bertz CT molecular complexity index is 541. The molecule has 0 amide bonds. The Hall–Kier alpha value is -1.53. The number of benzene rings is 1. The molecule has 1 heterocycles. The Labute approximate surface area is 112 Å². The van der Waals surface area contributed by atoms with E-state index in [1.54, 1.807) is 12.4 Å². The molecule has 17 heavy (non-hydrogen) atoms. The van der Waals surface area contributed by atoms with E-state index in [1.165, 1.54) is 0 Å². The van der Waals surface area contributed by atoms with E-state index in [9.17, 15) is 0 Å². The highest BCUT2D eigenvalue weighted by Gasteiger charge is 2.00. The smallest absolute Gasteiger partial charge is 0.148 e. The molecule has 0 fully saturated rings. The van der Waals surface area contributed by atoms with E-state index < -0.39 is 0 Å². The summed E-state index contributed by atoms with van der Waals surface area (Å²) >= 11 is 8.20. The SMILES string of the molecule is NC(=S)c1cnc(Nc2cccc(Br)c2)cn1. The van der Waals surface area contributed by atoms with Crippen LogP contribution in [0.5, 0.6) is 0 Å². The van der Waals surface area contributed by atoms with E-state index in [0.717, 1.165) is 10.2 Å². The van der Waals surface area contributed by atoms with Gasteiger partial charge in [-0.25, -0.2) is 9.97 Å². The minimum atomic E-state index is 0.242. The summed E-state index contributed by atoms with van der Waals surface area (Å²) in [6.07, 6.45) is 3.14. The molecule has 2 rings (SSSR count). The maximum absolute atomic E-state index is 5.44. The number of anilines is 2. The van der Waals surface area contributed by atoms with Crippen molar-refractivity contribution in [3.05, 3.63) is 46.8 Å². The van der Waals surface area contributed by atoms with Crippen LogP contribution >= 0.6 is 28.1 Å². The molecule has 2 aromatic rings. The second-order valence-electron chi connectivity index (χ2n) is 3.29. The quantitative estimate of drug-likeness (QED) is 0.853. The van der Waals surface area contributed by atoms with Crippen LogP contribution in [0.15, 0.2) is 41.1 Å². The summed E-state index contributed by atoms with van der Waals surface area (Å²) in [5.41, 5.74) is 6.88. The lowest BCUT2D eigenvalue weighted by Gasteiger charge is -2.05. The average molecular weight is 309 g/mol. The van der Waals surface area contributed by atoms with Gasteiger partial charge in [0, 0.05) is 10.2 Å². The van der Waals surface area contributed by atoms with Gasteiger partial charge in [0.1, 0.15) is 16.5 Å². The van der Waals surface area contributed by atoms with E-state index in [-0.39, 0.29) is 4.99 Å². The van der Waals surface area contributed by atoms with Gasteiger partial charge in [0.05, 0.1) is 12.4 Å². The van der Waals surface area contributed by atoms with Gasteiger partial charge in [-0.3, -0.25) is 0 Å². The van der Waals surface area contributed by atoms with Crippen LogP contribution < -0.4 is 11.1 Å². The van der Waals surface area contributed by atoms with E-state index in [1.807, 2.05) is 24.3 Å². The third-order valence-electron chi connectivity index (χ3n) is 2.00. The van der Waals surface area contributed by atoms with Crippen molar-refractivity contribution < 1.29 is 0 Å². The predicted molar refractivity (Wildman–Crippen MR) is 75.3 cm³/mol. The number of hydrogen-bond acceptors (Lipinski definition) is 4. The minimum absolute atomic E-state index is 0.242. The van der Waals surface area contributed by atoms with Crippen LogP contribution in [-0.4, -0.2) is 15.0 Å². The molecule has 0 aliphatic carbocycles. The number of hydrogen-bond donors (Lipinski definition) is 2. The molecule has 0 radical (unpaired) electrons.